The maximum atomic E-state index is 13.4. The first-order chi connectivity index (χ1) is 7.65. The highest BCUT2D eigenvalue weighted by atomic mass is 79.9. The Morgan fingerprint density at radius 1 is 1.25 bits per heavy atom. The zero-order valence-electron chi connectivity index (χ0n) is 8.15. The average Bonchev–Trinajstić information content (AvgIpc) is 2.25. The smallest absolute Gasteiger partial charge is 0.166 e. The van der Waals surface area contributed by atoms with Gasteiger partial charge < -0.3 is 10.5 Å². The number of aromatic nitrogens is 1. The molecule has 0 aliphatic heterocycles. The van der Waals surface area contributed by atoms with Crippen molar-refractivity contribution in [1.29, 1.82) is 0 Å². The summed E-state index contributed by atoms with van der Waals surface area (Å²) in [6, 6.07) is 7.79. The summed E-state index contributed by atoms with van der Waals surface area (Å²) in [6.45, 7) is 0. The van der Waals surface area contributed by atoms with Crippen molar-refractivity contribution >= 4 is 21.7 Å². The molecule has 0 aliphatic rings. The van der Waals surface area contributed by atoms with Gasteiger partial charge in [-0.25, -0.2) is 9.37 Å². The highest BCUT2D eigenvalue weighted by molar-refractivity contribution is 9.10. The molecule has 0 fully saturated rings. The maximum Gasteiger partial charge on any atom is 0.166 e. The number of ether oxygens (including phenoxy) is 1. The van der Waals surface area contributed by atoms with Gasteiger partial charge in [0.15, 0.2) is 11.6 Å². The number of benzene rings is 1. The summed E-state index contributed by atoms with van der Waals surface area (Å²) in [5.74, 6) is 0.542. The minimum absolute atomic E-state index is 0.148. The minimum Gasteiger partial charge on any atom is -0.453 e. The van der Waals surface area contributed by atoms with Crippen LogP contribution in [0.15, 0.2) is 41.0 Å². The molecule has 1 aromatic heterocycles. The van der Waals surface area contributed by atoms with Crippen molar-refractivity contribution in [3.05, 3.63) is 46.8 Å². The molecule has 0 saturated heterocycles. The monoisotopic (exact) mass is 282 g/mol. The lowest BCUT2D eigenvalue weighted by atomic mass is 10.3. The Bertz CT molecular complexity index is 502. The number of anilines is 1. The second kappa shape index (κ2) is 4.49. The Balaban J connectivity index is 2.23. The number of pyridine rings is 1. The Labute approximate surface area is 100 Å². The summed E-state index contributed by atoms with van der Waals surface area (Å²) in [5, 5.41) is 0. The van der Waals surface area contributed by atoms with Gasteiger partial charge >= 0.3 is 0 Å². The van der Waals surface area contributed by atoms with E-state index in [1.807, 2.05) is 0 Å². The van der Waals surface area contributed by atoms with E-state index in [1.165, 1.54) is 18.3 Å². The van der Waals surface area contributed by atoms with Crippen LogP contribution in [-0.4, -0.2) is 4.98 Å². The molecular formula is C11H8BrFN2O. The van der Waals surface area contributed by atoms with E-state index in [0.29, 0.717) is 16.0 Å². The van der Waals surface area contributed by atoms with Crippen molar-refractivity contribution in [2.75, 3.05) is 5.73 Å². The fourth-order valence-corrected chi connectivity index (χ4v) is 1.47. The van der Waals surface area contributed by atoms with E-state index in [0.717, 1.165) is 0 Å². The van der Waals surface area contributed by atoms with Gasteiger partial charge in [0.05, 0.1) is 6.20 Å². The normalized spacial score (nSPS) is 10.1. The average molecular weight is 283 g/mol. The van der Waals surface area contributed by atoms with Crippen molar-refractivity contribution in [1.82, 2.24) is 4.98 Å². The molecule has 5 heteroatoms. The molecule has 2 N–H and O–H groups in total. The molecular weight excluding hydrogens is 275 g/mol. The van der Waals surface area contributed by atoms with Crippen molar-refractivity contribution in [2.45, 2.75) is 0 Å². The summed E-state index contributed by atoms with van der Waals surface area (Å²) in [5.41, 5.74) is 5.42. The molecule has 0 aliphatic carbocycles. The van der Waals surface area contributed by atoms with Gasteiger partial charge in [-0.2, -0.15) is 0 Å². The largest absolute Gasteiger partial charge is 0.453 e. The molecule has 0 radical (unpaired) electrons. The standard InChI is InChI=1S/C11H8BrFN2O/c12-7-1-3-10(9(13)5-7)16-8-2-4-11(14)15-6-8/h1-6H,(H2,14,15). The van der Waals surface area contributed by atoms with Crippen LogP contribution in [0.1, 0.15) is 0 Å². The first-order valence-electron chi connectivity index (χ1n) is 4.49. The molecule has 2 rings (SSSR count). The number of nitrogens with zero attached hydrogens (tertiary/aromatic N) is 1. The van der Waals surface area contributed by atoms with Gasteiger partial charge in [-0.05, 0) is 30.3 Å². The molecule has 1 heterocycles. The zero-order valence-corrected chi connectivity index (χ0v) is 9.74. The number of hydrogen-bond acceptors (Lipinski definition) is 3. The number of nitrogen functional groups attached to an aromatic ring is 1. The third kappa shape index (κ3) is 2.49. The van der Waals surface area contributed by atoms with E-state index in [2.05, 4.69) is 20.9 Å². The van der Waals surface area contributed by atoms with Gasteiger partial charge in [0.1, 0.15) is 11.6 Å². The van der Waals surface area contributed by atoms with Crippen molar-refractivity contribution in [3.8, 4) is 11.5 Å². The highest BCUT2D eigenvalue weighted by Crippen LogP contribution is 2.26. The quantitative estimate of drug-likeness (QED) is 0.919. The maximum absolute atomic E-state index is 13.4. The predicted octanol–water partition coefficient (Wildman–Crippen LogP) is 3.36. The number of hydrogen-bond donors (Lipinski definition) is 1. The van der Waals surface area contributed by atoms with Crippen LogP contribution in [0.25, 0.3) is 0 Å². The van der Waals surface area contributed by atoms with Crippen molar-refractivity contribution in [2.24, 2.45) is 0 Å². The van der Waals surface area contributed by atoms with Crippen LogP contribution in [0.2, 0.25) is 0 Å². The van der Waals surface area contributed by atoms with Crippen molar-refractivity contribution in [3.63, 3.8) is 0 Å². The summed E-state index contributed by atoms with van der Waals surface area (Å²) >= 11 is 3.17. The molecule has 0 saturated carbocycles. The Kier molecular flexibility index (Phi) is 3.05. The van der Waals surface area contributed by atoms with Crippen LogP contribution in [-0.2, 0) is 0 Å². The molecule has 0 atom stereocenters. The Morgan fingerprint density at radius 3 is 2.69 bits per heavy atom. The summed E-state index contributed by atoms with van der Waals surface area (Å²) in [7, 11) is 0. The molecule has 1 aromatic carbocycles. The second-order valence-electron chi connectivity index (χ2n) is 3.10. The van der Waals surface area contributed by atoms with E-state index < -0.39 is 5.82 Å². The molecule has 0 bridgehead atoms. The molecule has 0 spiro atoms. The summed E-state index contributed by atoms with van der Waals surface area (Å²) in [4.78, 5) is 3.84. The van der Waals surface area contributed by atoms with Gasteiger partial charge in [0.2, 0.25) is 0 Å². The first-order valence-corrected chi connectivity index (χ1v) is 5.29. The predicted molar refractivity (Wildman–Crippen MR) is 62.8 cm³/mol. The van der Waals surface area contributed by atoms with E-state index in [4.69, 9.17) is 10.5 Å². The molecule has 2 aromatic rings. The van der Waals surface area contributed by atoms with Crippen LogP contribution in [0, 0.1) is 5.82 Å². The summed E-state index contributed by atoms with van der Waals surface area (Å²) < 4.78 is 19.4. The van der Waals surface area contributed by atoms with Crippen LogP contribution >= 0.6 is 15.9 Å². The van der Waals surface area contributed by atoms with Crippen LogP contribution in [0.5, 0.6) is 11.5 Å². The molecule has 3 nitrogen and oxygen atoms in total. The number of halogens is 2. The van der Waals surface area contributed by atoms with Gasteiger partial charge in [0, 0.05) is 4.47 Å². The van der Waals surface area contributed by atoms with E-state index in [-0.39, 0.29) is 5.75 Å². The summed E-state index contributed by atoms with van der Waals surface area (Å²) in [6.07, 6.45) is 1.44. The lowest BCUT2D eigenvalue weighted by Gasteiger charge is -2.06. The first kappa shape index (κ1) is 10.9. The minimum atomic E-state index is -0.439. The van der Waals surface area contributed by atoms with Crippen LogP contribution < -0.4 is 10.5 Å². The van der Waals surface area contributed by atoms with Gasteiger partial charge in [-0.1, -0.05) is 15.9 Å². The highest BCUT2D eigenvalue weighted by Gasteiger charge is 2.05. The van der Waals surface area contributed by atoms with Gasteiger partial charge in [-0.3, -0.25) is 0 Å². The Morgan fingerprint density at radius 2 is 2.06 bits per heavy atom. The fraction of sp³-hybridized carbons (Fsp3) is 0. The lowest BCUT2D eigenvalue weighted by molar-refractivity contribution is 0.440. The third-order valence-corrected chi connectivity index (χ3v) is 2.37. The van der Waals surface area contributed by atoms with E-state index in [9.17, 15) is 4.39 Å². The van der Waals surface area contributed by atoms with Gasteiger partial charge in [0.25, 0.3) is 0 Å². The van der Waals surface area contributed by atoms with Crippen molar-refractivity contribution < 1.29 is 9.13 Å². The lowest BCUT2D eigenvalue weighted by Crippen LogP contribution is -1.91. The van der Waals surface area contributed by atoms with Crippen LogP contribution in [0.3, 0.4) is 0 Å². The second-order valence-corrected chi connectivity index (χ2v) is 4.01. The fourth-order valence-electron chi connectivity index (χ4n) is 1.14. The SMILES string of the molecule is Nc1ccc(Oc2ccc(Br)cc2F)cn1. The molecule has 82 valence electrons. The third-order valence-electron chi connectivity index (χ3n) is 1.88. The molecule has 16 heavy (non-hydrogen) atoms. The number of rotatable bonds is 2. The molecule has 0 amide bonds. The van der Waals surface area contributed by atoms with E-state index >= 15 is 0 Å². The van der Waals surface area contributed by atoms with Crippen LogP contribution in [0.4, 0.5) is 10.2 Å². The van der Waals surface area contributed by atoms with Gasteiger partial charge in [-0.15, -0.1) is 0 Å². The zero-order chi connectivity index (χ0) is 11.5. The number of nitrogens with two attached hydrogens (primary N) is 1. The molecule has 0 unspecified atom stereocenters. The van der Waals surface area contributed by atoms with E-state index in [1.54, 1.807) is 18.2 Å². The Hall–Kier alpha value is -1.62. The topological polar surface area (TPSA) is 48.1 Å².